The molecule has 8 nitrogen and oxygen atoms in total. The van der Waals surface area contributed by atoms with E-state index in [4.69, 9.17) is 9.47 Å². The molecule has 1 atom stereocenters. The van der Waals surface area contributed by atoms with Gasteiger partial charge in [-0.05, 0) is 55.3 Å². The van der Waals surface area contributed by atoms with Gasteiger partial charge >= 0.3 is 0 Å². The Morgan fingerprint density at radius 3 is 2.55 bits per heavy atom. The molecule has 0 saturated carbocycles. The maximum absolute atomic E-state index is 13.2. The van der Waals surface area contributed by atoms with Crippen LogP contribution in [0.25, 0.3) is 10.2 Å². The van der Waals surface area contributed by atoms with Crippen molar-refractivity contribution in [3.63, 3.8) is 0 Å². The molecule has 0 spiro atoms. The van der Waals surface area contributed by atoms with Crippen LogP contribution in [0, 0.1) is 0 Å². The summed E-state index contributed by atoms with van der Waals surface area (Å²) in [7, 11) is -0.730. The van der Waals surface area contributed by atoms with Crippen LogP contribution < -0.4 is 14.3 Å². The Morgan fingerprint density at radius 2 is 1.88 bits per heavy atom. The monoisotopic (exact) mass is 487 g/mol. The van der Waals surface area contributed by atoms with E-state index in [9.17, 15) is 13.2 Å². The molecule has 0 aliphatic carbocycles. The normalized spacial score (nSPS) is 17.4. The van der Waals surface area contributed by atoms with Crippen molar-refractivity contribution >= 4 is 37.5 Å². The number of fused-ring (bicyclic) bond motifs is 1. The lowest BCUT2D eigenvalue weighted by molar-refractivity contribution is -0.121. The number of allylic oxidation sites excluding steroid dienone is 1. The number of amides is 1. The van der Waals surface area contributed by atoms with Crippen molar-refractivity contribution in [2.45, 2.75) is 30.3 Å². The van der Waals surface area contributed by atoms with E-state index in [1.165, 1.54) is 34.9 Å². The number of sulfonamides is 1. The molecule has 1 unspecified atom stereocenters. The zero-order valence-corrected chi connectivity index (χ0v) is 20.1. The Bertz CT molecular complexity index is 1360. The van der Waals surface area contributed by atoms with Crippen molar-refractivity contribution in [3.05, 3.63) is 59.9 Å². The van der Waals surface area contributed by atoms with Gasteiger partial charge in [0.25, 0.3) is 5.91 Å². The quantitative estimate of drug-likeness (QED) is 0.478. The molecule has 33 heavy (non-hydrogen) atoms. The Kier molecular flexibility index (Phi) is 6.68. The molecular weight excluding hydrogens is 462 g/mol. The topological polar surface area (TPSA) is 90.2 Å². The summed E-state index contributed by atoms with van der Waals surface area (Å²) in [5.74, 6) is 0.798. The molecule has 10 heteroatoms. The molecule has 1 saturated heterocycles. The van der Waals surface area contributed by atoms with Crippen molar-refractivity contribution in [1.82, 2.24) is 8.87 Å². The molecule has 0 bridgehead atoms. The number of methoxy groups -OCH3 is 2. The smallest absolute Gasteiger partial charge is 0.266 e. The second kappa shape index (κ2) is 9.50. The molecule has 174 valence electrons. The summed E-state index contributed by atoms with van der Waals surface area (Å²) in [5, 5.41) is 0. The second-order valence-corrected chi connectivity index (χ2v) is 10.4. The number of ether oxygens (including phenoxy) is 2. The summed E-state index contributed by atoms with van der Waals surface area (Å²) >= 11 is 1.36. The number of benzene rings is 2. The summed E-state index contributed by atoms with van der Waals surface area (Å²) in [4.78, 5) is 18.2. The van der Waals surface area contributed by atoms with E-state index in [2.05, 4.69) is 11.6 Å². The molecule has 4 rings (SSSR count). The number of hydrogen-bond acceptors (Lipinski definition) is 6. The third kappa shape index (κ3) is 4.46. The number of carbonyl (C=O) groups excluding carboxylic acids is 1. The molecule has 0 radical (unpaired) electrons. The van der Waals surface area contributed by atoms with E-state index < -0.39 is 22.0 Å². The fraction of sp³-hybridized carbons (Fsp3) is 0.304. The van der Waals surface area contributed by atoms with Crippen molar-refractivity contribution < 1.29 is 22.7 Å². The molecular formula is C23H25N3O5S2. The summed E-state index contributed by atoms with van der Waals surface area (Å²) in [5.41, 5.74) is 0.904. The third-order valence-electron chi connectivity index (χ3n) is 5.56. The maximum Gasteiger partial charge on any atom is 0.266 e. The van der Waals surface area contributed by atoms with E-state index in [0.29, 0.717) is 35.7 Å². The van der Waals surface area contributed by atoms with Gasteiger partial charge in [0.05, 0.1) is 29.3 Å². The van der Waals surface area contributed by atoms with Crippen molar-refractivity contribution in [2.75, 3.05) is 20.8 Å². The van der Waals surface area contributed by atoms with Gasteiger partial charge in [-0.1, -0.05) is 17.4 Å². The van der Waals surface area contributed by atoms with Crippen LogP contribution in [0.4, 0.5) is 0 Å². The number of thiazole rings is 1. The summed E-state index contributed by atoms with van der Waals surface area (Å²) in [6, 6.07) is 11.0. The highest BCUT2D eigenvalue weighted by molar-refractivity contribution is 7.89. The molecule has 1 aliphatic heterocycles. The van der Waals surface area contributed by atoms with Gasteiger partial charge < -0.3 is 14.0 Å². The van der Waals surface area contributed by atoms with Crippen LogP contribution in [-0.2, 0) is 21.4 Å². The van der Waals surface area contributed by atoms with Gasteiger partial charge in [0, 0.05) is 13.1 Å². The lowest BCUT2D eigenvalue weighted by atomic mass is 10.2. The average molecular weight is 488 g/mol. The first-order valence-electron chi connectivity index (χ1n) is 10.4. The van der Waals surface area contributed by atoms with Gasteiger partial charge in [-0.2, -0.15) is 9.30 Å². The van der Waals surface area contributed by atoms with Gasteiger partial charge in [-0.3, -0.25) is 4.79 Å². The molecule has 1 fully saturated rings. The minimum Gasteiger partial charge on any atom is -0.497 e. The number of nitrogens with zero attached hydrogens (tertiary/aromatic N) is 3. The highest BCUT2D eigenvalue weighted by Crippen LogP contribution is 2.28. The SMILES string of the molecule is C=CCn1c(=NC(=O)C2CCCN2S(=O)(=O)c2ccc(OC)cc2)sc2cc(OC)ccc21. The predicted octanol–water partition coefficient (Wildman–Crippen LogP) is 3.19. The summed E-state index contributed by atoms with van der Waals surface area (Å²) < 4.78 is 41.0. The van der Waals surface area contributed by atoms with Crippen LogP contribution in [-0.4, -0.2) is 50.0 Å². The summed E-state index contributed by atoms with van der Waals surface area (Å²) in [6.07, 6.45) is 2.76. The van der Waals surface area contributed by atoms with Crippen LogP contribution in [0.5, 0.6) is 11.5 Å². The van der Waals surface area contributed by atoms with Gasteiger partial charge in [-0.25, -0.2) is 8.42 Å². The van der Waals surface area contributed by atoms with Crippen LogP contribution >= 0.6 is 11.3 Å². The average Bonchev–Trinajstić information content (AvgIpc) is 3.45. The first-order chi connectivity index (χ1) is 15.9. The van der Waals surface area contributed by atoms with Gasteiger partial charge in [-0.15, -0.1) is 6.58 Å². The highest BCUT2D eigenvalue weighted by atomic mass is 32.2. The van der Waals surface area contributed by atoms with E-state index in [-0.39, 0.29) is 11.4 Å². The zero-order chi connectivity index (χ0) is 23.6. The molecule has 3 aromatic rings. The number of hydrogen-bond donors (Lipinski definition) is 0. The van der Waals surface area contributed by atoms with E-state index in [1.54, 1.807) is 25.3 Å². The fourth-order valence-corrected chi connectivity index (χ4v) is 6.62. The van der Waals surface area contributed by atoms with Crippen LogP contribution in [0.2, 0.25) is 0 Å². The Balaban J connectivity index is 1.70. The lowest BCUT2D eigenvalue weighted by Gasteiger charge is -2.21. The highest BCUT2D eigenvalue weighted by Gasteiger charge is 2.39. The second-order valence-electron chi connectivity index (χ2n) is 7.52. The predicted molar refractivity (Wildman–Crippen MR) is 127 cm³/mol. The number of carbonyl (C=O) groups is 1. The molecule has 2 heterocycles. The fourth-order valence-electron chi connectivity index (χ4n) is 3.90. The van der Waals surface area contributed by atoms with Crippen molar-refractivity contribution in [2.24, 2.45) is 4.99 Å². The van der Waals surface area contributed by atoms with E-state index in [0.717, 1.165) is 10.2 Å². The molecule has 1 aliphatic rings. The summed E-state index contributed by atoms with van der Waals surface area (Å²) in [6.45, 7) is 4.54. The largest absolute Gasteiger partial charge is 0.497 e. The van der Waals surface area contributed by atoms with Crippen LogP contribution in [0.15, 0.2) is 65.0 Å². The molecule has 2 aromatic carbocycles. The molecule has 0 N–H and O–H groups in total. The standard InChI is InChI=1S/C23H25N3O5S2/c1-4-13-25-19-12-9-17(31-3)15-21(19)32-23(25)24-22(27)20-6-5-14-26(20)33(28,29)18-10-7-16(30-2)8-11-18/h4,7-12,15,20H,1,5-6,13-14H2,2-3H3. The number of aromatic nitrogens is 1. The Labute approximate surface area is 196 Å². The van der Waals surface area contributed by atoms with E-state index >= 15 is 0 Å². The molecule has 1 aromatic heterocycles. The minimum absolute atomic E-state index is 0.124. The van der Waals surface area contributed by atoms with Crippen LogP contribution in [0.3, 0.4) is 0 Å². The van der Waals surface area contributed by atoms with Crippen molar-refractivity contribution in [3.8, 4) is 11.5 Å². The first kappa shape index (κ1) is 23.2. The maximum atomic E-state index is 13.2. The van der Waals surface area contributed by atoms with Crippen molar-refractivity contribution in [1.29, 1.82) is 0 Å². The zero-order valence-electron chi connectivity index (χ0n) is 18.4. The number of rotatable bonds is 7. The van der Waals surface area contributed by atoms with E-state index in [1.807, 2.05) is 22.8 Å². The van der Waals surface area contributed by atoms with Crippen LogP contribution in [0.1, 0.15) is 12.8 Å². The lowest BCUT2D eigenvalue weighted by Crippen LogP contribution is -2.40. The third-order valence-corrected chi connectivity index (χ3v) is 8.53. The first-order valence-corrected chi connectivity index (χ1v) is 12.7. The van der Waals surface area contributed by atoms with Gasteiger partial charge in [0.15, 0.2) is 4.80 Å². The van der Waals surface area contributed by atoms with Gasteiger partial charge in [0.1, 0.15) is 17.5 Å². The minimum atomic E-state index is -3.84. The van der Waals surface area contributed by atoms with Gasteiger partial charge in [0.2, 0.25) is 10.0 Å². The Hall–Kier alpha value is -2.95. The Morgan fingerprint density at radius 1 is 1.18 bits per heavy atom. The molecule has 1 amide bonds.